The van der Waals surface area contributed by atoms with Crippen LogP contribution in [0.3, 0.4) is 0 Å². The van der Waals surface area contributed by atoms with Crippen LogP contribution in [-0.2, 0) is 0 Å². The summed E-state index contributed by atoms with van der Waals surface area (Å²) >= 11 is 0. The molecule has 0 bridgehead atoms. The molecule has 3 aromatic carbocycles. The highest BCUT2D eigenvalue weighted by atomic mass is 19.1. The molecule has 0 unspecified atom stereocenters. The summed E-state index contributed by atoms with van der Waals surface area (Å²) in [7, 11) is 0. The predicted molar refractivity (Wildman–Crippen MR) is 113 cm³/mol. The van der Waals surface area contributed by atoms with Crippen LogP contribution in [0.4, 0.5) is 10.1 Å². The molecule has 0 saturated carbocycles. The van der Waals surface area contributed by atoms with Gasteiger partial charge in [-0.3, -0.25) is 4.79 Å². The number of carbonyl (C=O) groups is 1. The first kappa shape index (κ1) is 19.4. The number of aromatic nitrogens is 1. The quantitative estimate of drug-likeness (QED) is 0.443. The SMILES string of the molecule is CCOc1ccccc1NC(=O)c1ccccc1-c1ncc(-c2ccc(F)cc2)o1. The Morgan fingerprint density at radius 3 is 2.57 bits per heavy atom. The van der Waals surface area contributed by atoms with E-state index in [0.29, 0.717) is 46.4 Å². The molecular formula is C24H19FN2O3. The van der Waals surface area contributed by atoms with Gasteiger partial charge in [-0.1, -0.05) is 24.3 Å². The number of rotatable bonds is 6. The molecule has 0 atom stereocenters. The largest absolute Gasteiger partial charge is 0.492 e. The molecule has 1 aromatic heterocycles. The van der Waals surface area contributed by atoms with Crippen LogP contribution in [-0.4, -0.2) is 17.5 Å². The Labute approximate surface area is 173 Å². The van der Waals surface area contributed by atoms with Crippen molar-refractivity contribution in [2.75, 3.05) is 11.9 Å². The second-order valence-electron chi connectivity index (χ2n) is 6.47. The number of para-hydroxylation sites is 2. The van der Waals surface area contributed by atoms with Crippen LogP contribution in [0, 0.1) is 5.82 Å². The van der Waals surface area contributed by atoms with Crippen molar-refractivity contribution in [2.45, 2.75) is 6.92 Å². The van der Waals surface area contributed by atoms with Crippen molar-refractivity contribution >= 4 is 11.6 Å². The van der Waals surface area contributed by atoms with E-state index in [0.717, 1.165) is 0 Å². The number of halogens is 1. The Morgan fingerprint density at radius 2 is 1.77 bits per heavy atom. The van der Waals surface area contributed by atoms with Gasteiger partial charge in [0.05, 0.1) is 24.1 Å². The van der Waals surface area contributed by atoms with Gasteiger partial charge in [0, 0.05) is 11.1 Å². The number of benzene rings is 3. The molecule has 0 spiro atoms. The molecule has 0 aliphatic rings. The van der Waals surface area contributed by atoms with Crippen LogP contribution < -0.4 is 10.1 Å². The minimum atomic E-state index is -0.326. The van der Waals surface area contributed by atoms with Crippen molar-refractivity contribution < 1.29 is 18.3 Å². The summed E-state index contributed by atoms with van der Waals surface area (Å²) in [5.41, 5.74) is 2.25. The predicted octanol–water partition coefficient (Wildman–Crippen LogP) is 5.80. The average molecular weight is 402 g/mol. The first-order valence-electron chi connectivity index (χ1n) is 9.50. The molecule has 1 N–H and O–H groups in total. The molecule has 150 valence electrons. The maximum Gasteiger partial charge on any atom is 0.256 e. The normalized spacial score (nSPS) is 10.6. The second kappa shape index (κ2) is 8.61. The first-order valence-corrected chi connectivity index (χ1v) is 9.50. The van der Waals surface area contributed by atoms with E-state index < -0.39 is 0 Å². The molecule has 0 aliphatic heterocycles. The maximum absolute atomic E-state index is 13.2. The summed E-state index contributed by atoms with van der Waals surface area (Å²) in [6.45, 7) is 2.38. The van der Waals surface area contributed by atoms with Gasteiger partial charge >= 0.3 is 0 Å². The topological polar surface area (TPSA) is 64.4 Å². The number of ether oxygens (including phenoxy) is 1. The van der Waals surface area contributed by atoms with Crippen LogP contribution in [0.1, 0.15) is 17.3 Å². The van der Waals surface area contributed by atoms with Gasteiger partial charge < -0.3 is 14.5 Å². The standard InChI is InChI=1S/C24H19FN2O3/c1-2-29-21-10-6-5-9-20(21)27-23(28)18-7-3-4-8-19(18)24-26-15-22(30-24)16-11-13-17(25)14-12-16/h3-15H,2H2,1H3,(H,27,28). The third-order valence-electron chi connectivity index (χ3n) is 4.47. The summed E-state index contributed by atoms with van der Waals surface area (Å²) in [5, 5.41) is 2.89. The molecule has 0 aliphatic carbocycles. The van der Waals surface area contributed by atoms with Crippen molar-refractivity contribution in [3.63, 3.8) is 0 Å². The Hall–Kier alpha value is -3.93. The molecule has 0 saturated heterocycles. The lowest BCUT2D eigenvalue weighted by Gasteiger charge is -2.12. The van der Waals surface area contributed by atoms with Crippen LogP contribution in [0.5, 0.6) is 5.75 Å². The molecule has 0 radical (unpaired) electrons. The lowest BCUT2D eigenvalue weighted by atomic mass is 10.1. The van der Waals surface area contributed by atoms with Gasteiger partial charge in [-0.25, -0.2) is 9.37 Å². The number of nitrogens with one attached hydrogen (secondary N) is 1. The van der Waals surface area contributed by atoms with Gasteiger partial charge in [-0.2, -0.15) is 0 Å². The zero-order valence-corrected chi connectivity index (χ0v) is 16.3. The lowest BCUT2D eigenvalue weighted by molar-refractivity contribution is 0.102. The summed E-state index contributed by atoms with van der Waals surface area (Å²) in [5.74, 6) is 0.757. The van der Waals surface area contributed by atoms with E-state index in [2.05, 4.69) is 10.3 Å². The van der Waals surface area contributed by atoms with E-state index in [4.69, 9.17) is 9.15 Å². The third-order valence-corrected chi connectivity index (χ3v) is 4.47. The fourth-order valence-electron chi connectivity index (χ4n) is 3.05. The second-order valence-corrected chi connectivity index (χ2v) is 6.47. The van der Waals surface area contributed by atoms with Crippen molar-refractivity contribution in [3.05, 3.63) is 90.4 Å². The summed E-state index contributed by atoms with van der Waals surface area (Å²) in [4.78, 5) is 17.3. The first-order chi connectivity index (χ1) is 14.7. The Bertz CT molecular complexity index is 1170. The summed E-state index contributed by atoms with van der Waals surface area (Å²) in [6, 6.07) is 20.2. The van der Waals surface area contributed by atoms with Gasteiger partial charge in [-0.15, -0.1) is 0 Å². The van der Waals surface area contributed by atoms with E-state index in [1.807, 2.05) is 25.1 Å². The molecule has 5 nitrogen and oxygen atoms in total. The zero-order valence-electron chi connectivity index (χ0n) is 16.3. The molecule has 6 heteroatoms. The highest BCUT2D eigenvalue weighted by molar-refractivity contribution is 6.08. The fourth-order valence-corrected chi connectivity index (χ4v) is 3.05. The van der Waals surface area contributed by atoms with E-state index >= 15 is 0 Å². The molecule has 0 fully saturated rings. The molecule has 4 rings (SSSR count). The number of amides is 1. The van der Waals surface area contributed by atoms with Crippen molar-refractivity contribution in [2.24, 2.45) is 0 Å². The Kier molecular flexibility index (Phi) is 5.57. The fraction of sp³-hybridized carbons (Fsp3) is 0.0833. The lowest BCUT2D eigenvalue weighted by Crippen LogP contribution is -2.14. The summed E-state index contributed by atoms with van der Waals surface area (Å²) < 4.78 is 24.6. The minimum absolute atomic E-state index is 0.304. The van der Waals surface area contributed by atoms with Crippen LogP contribution >= 0.6 is 0 Å². The Morgan fingerprint density at radius 1 is 1.03 bits per heavy atom. The van der Waals surface area contributed by atoms with Crippen LogP contribution in [0.15, 0.2) is 83.4 Å². The smallest absolute Gasteiger partial charge is 0.256 e. The molecule has 30 heavy (non-hydrogen) atoms. The van der Waals surface area contributed by atoms with E-state index in [9.17, 15) is 9.18 Å². The van der Waals surface area contributed by atoms with Gasteiger partial charge in [0.25, 0.3) is 5.91 Å². The molecular weight excluding hydrogens is 383 g/mol. The number of oxazole rings is 1. The van der Waals surface area contributed by atoms with E-state index in [-0.39, 0.29) is 11.7 Å². The van der Waals surface area contributed by atoms with Crippen molar-refractivity contribution in [1.29, 1.82) is 0 Å². The molecule has 4 aromatic rings. The van der Waals surface area contributed by atoms with Crippen LogP contribution in [0.2, 0.25) is 0 Å². The van der Waals surface area contributed by atoms with E-state index in [1.54, 1.807) is 48.7 Å². The van der Waals surface area contributed by atoms with Gasteiger partial charge in [0.15, 0.2) is 5.76 Å². The minimum Gasteiger partial charge on any atom is -0.492 e. The van der Waals surface area contributed by atoms with Crippen LogP contribution in [0.25, 0.3) is 22.8 Å². The molecule has 1 amide bonds. The molecule has 1 heterocycles. The number of hydrogen-bond donors (Lipinski definition) is 1. The van der Waals surface area contributed by atoms with Gasteiger partial charge in [0.1, 0.15) is 11.6 Å². The zero-order chi connectivity index (χ0) is 20.9. The van der Waals surface area contributed by atoms with Gasteiger partial charge in [0.2, 0.25) is 5.89 Å². The van der Waals surface area contributed by atoms with Crippen molar-refractivity contribution in [3.8, 4) is 28.5 Å². The monoisotopic (exact) mass is 402 g/mol. The Balaban J connectivity index is 1.63. The third kappa shape index (κ3) is 4.07. The number of anilines is 1. The average Bonchev–Trinajstić information content (AvgIpc) is 3.26. The highest BCUT2D eigenvalue weighted by Crippen LogP contribution is 2.30. The number of carbonyl (C=O) groups excluding carboxylic acids is 1. The van der Waals surface area contributed by atoms with E-state index in [1.165, 1.54) is 12.1 Å². The van der Waals surface area contributed by atoms with Gasteiger partial charge in [-0.05, 0) is 55.5 Å². The number of hydrogen-bond acceptors (Lipinski definition) is 4. The maximum atomic E-state index is 13.2. The summed E-state index contributed by atoms with van der Waals surface area (Å²) in [6.07, 6.45) is 1.56. The van der Waals surface area contributed by atoms with Crippen molar-refractivity contribution in [1.82, 2.24) is 4.98 Å². The number of nitrogens with zero attached hydrogens (tertiary/aromatic N) is 1. The highest BCUT2D eigenvalue weighted by Gasteiger charge is 2.18.